The summed E-state index contributed by atoms with van der Waals surface area (Å²) in [4.78, 5) is 12.1. The van der Waals surface area contributed by atoms with Crippen molar-refractivity contribution in [3.05, 3.63) is 74.9 Å². The van der Waals surface area contributed by atoms with Gasteiger partial charge in [0.25, 0.3) is 0 Å². The van der Waals surface area contributed by atoms with Crippen LogP contribution in [0.5, 0.6) is 5.75 Å². The number of fused-ring (bicyclic) bond motifs is 1. The van der Waals surface area contributed by atoms with Gasteiger partial charge in [-0.15, -0.1) is 0 Å². The maximum atomic E-state index is 13.2. The molecule has 23 heavy (non-hydrogen) atoms. The van der Waals surface area contributed by atoms with E-state index in [9.17, 15) is 19.6 Å². The Morgan fingerprint density at radius 1 is 1.35 bits per heavy atom. The predicted molar refractivity (Wildman–Crippen MR) is 76.6 cm³/mol. The Morgan fingerprint density at radius 2 is 2.04 bits per heavy atom. The molecule has 1 aliphatic heterocycles. The molecule has 116 valence electrons. The highest BCUT2D eigenvalue weighted by molar-refractivity contribution is 5.51. The van der Waals surface area contributed by atoms with Gasteiger partial charge in [0.15, 0.2) is 5.76 Å². The van der Waals surface area contributed by atoms with Gasteiger partial charge in [-0.3, -0.25) is 4.79 Å². The van der Waals surface area contributed by atoms with Crippen LogP contribution >= 0.6 is 0 Å². The molecule has 0 amide bonds. The normalized spacial score (nSPS) is 16.5. The van der Waals surface area contributed by atoms with Crippen LogP contribution < -0.4 is 15.9 Å². The molecule has 0 radical (unpaired) electrons. The van der Waals surface area contributed by atoms with E-state index >= 15 is 0 Å². The quantitative estimate of drug-likeness (QED) is 0.869. The summed E-state index contributed by atoms with van der Waals surface area (Å²) in [5.74, 6) is -1.53. The molecule has 1 aliphatic rings. The first kappa shape index (κ1) is 14.8. The number of aliphatic hydroxyl groups is 1. The summed E-state index contributed by atoms with van der Waals surface area (Å²) in [7, 11) is 0. The van der Waals surface area contributed by atoms with Crippen LogP contribution in [0, 0.1) is 17.1 Å². The van der Waals surface area contributed by atoms with Crippen molar-refractivity contribution in [1.29, 1.82) is 5.26 Å². The first-order chi connectivity index (χ1) is 11.0. The van der Waals surface area contributed by atoms with Crippen molar-refractivity contribution in [2.45, 2.75) is 12.5 Å². The second-order valence-electron chi connectivity index (χ2n) is 4.90. The van der Waals surface area contributed by atoms with Crippen molar-refractivity contribution >= 4 is 0 Å². The minimum absolute atomic E-state index is 0.0298. The zero-order valence-corrected chi connectivity index (χ0v) is 11.7. The highest BCUT2D eigenvalue weighted by Gasteiger charge is 2.35. The standard InChI is InChI=1S/C16H11FN2O4/c17-9-3-1-8(2-4-9)13-11(6-18)16(19)23-14-12(21)5-10(7-20)22-15(13)14/h1-5,13,20H,7,19H2/t13-/m0/s1. The van der Waals surface area contributed by atoms with Crippen LogP contribution in [0.25, 0.3) is 0 Å². The molecule has 2 aromatic rings. The number of allylic oxidation sites excluding steroid dienone is 1. The number of halogens is 1. The third-order valence-corrected chi connectivity index (χ3v) is 3.49. The van der Waals surface area contributed by atoms with Gasteiger partial charge < -0.3 is 20.0 Å². The van der Waals surface area contributed by atoms with Gasteiger partial charge >= 0.3 is 0 Å². The second kappa shape index (κ2) is 5.59. The largest absolute Gasteiger partial charge is 0.458 e. The molecule has 2 heterocycles. The van der Waals surface area contributed by atoms with Crippen LogP contribution in [0.15, 0.2) is 51.0 Å². The fourth-order valence-corrected chi connectivity index (χ4v) is 2.45. The lowest BCUT2D eigenvalue weighted by atomic mass is 9.87. The minimum Gasteiger partial charge on any atom is -0.458 e. The van der Waals surface area contributed by atoms with E-state index in [-0.39, 0.29) is 28.7 Å². The van der Waals surface area contributed by atoms with E-state index in [1.54, 1.807) is 0 Å². The van der Waals surface area contributed by atoms with E-state index in [0.717, 1.165) is 6.07 Å². The maximum absolute atomic E-state index is 13.2. The SMILES string of the molecule is N#CC1=C(N)Oc2c(oc(CO)cc2=O)[C@H]1c1ccc(F)cc1. The average molecular weight is 314 g/mol. The third-order valence-electron chi connectivity index (χ3n) is 3.49. The first-order valence-electron chi connectivity index (χ1n) is 6.66. The maximum Gasteiger partial charge on any atom is 0.228 e. The fourth-order valence-electron chi connectivity index (χ4n) is 2.45. The first-order valence-corrected chi connectivity index (χ1v) is 6.66. The molecule has 1 aromatic heterocycles. The Balaban J connectivity index is 2.28. The van der Waals surface area contributed by atoms with Crippen molar-refractivity contribution in [1.82, 2.24) is 0 Å². The van der Waals surface area contributed by atoms with Crippen molar-refractivity contribution in [2.24, 2.45) is 5.73 Å². The van der Waals surface area contributed by atoms with Crippen LogP contribution in [-0.2, 0) is 6.61 Å². The van der Waals surface area contributed by atoms with Crippen molar-refractivity contribution in [3.8, 4) is 11.8 Å². The van der Waals surface area contributed by atoms with Crippen LogP contribution in [0.1, 0.15) is 23.0 Å². The van der Waals surface area contributed by atoms with Gasteiger partial charge in [0.05, 0.1) is 5.92 Å². The summed E-state index contributed by atoms with van der Waals surface area (Å²) in [5, 5.41) is 18.6. The number of ether oxygens (including phenoxy) is 1. The average Bonchev–Trinajstić information content (AvgIpc) is 2.55. The van der Waals surface area contributed by atoms with E-state index in [2.05, 4.69) is 0 Å². The Morgan fingerprint density at radius 3 is 2.65 bits per heavy atom. The summed E-state index contributed by atoms with van der Waals surface area (Å²) in [6.45, 7) is -0.486. The molecule has 0 spiro atoms. The van der Waals surface area contributed by atoms with Crippen LogP contribution in [0.4, 0.5) is 4.39 Å². The monoisotopic (exact) mass is 314 g/mol. The van der Waals surface area contributed by atoms with E-state index in [1.165, 1.54) is 24.3 Å². The van der Waals surface area contributed by atoms with E-state index in [0.29, 0.717) is 5.56 Å². The molecule has 1 atom stereocenters. The number of nitrogens with two attached hydrogens (primary N) is 1. The molecule has 3 rings (SSSR count). The molecule has 0 saturated heterocycles. The molecule has 0 bridgehead atoms. The van der Waals surface area contributed by atoms with Gasteiger partial charge in [0, 0.05) is 6.07 Å². The van der Waals surface area contributed by atoms with Crippen LogP contribution in [0.2, 0.25) is 0 Å². The highest BCUT2D eigenvalue weighted by atomic mass is 19.1. The van der Waals surface area contributed by atoms with Crippen molar-refractivity contribution in [3.63, 3.8) is 0 Å². The summed E-state index contributed by atoms with van der Waals surface area (Å²) in [5.41, 5.74) is 5.76. The molecule has 0 aliphatic carbocycles. The van der Waals surface area contributed by atoms with E-state index in [1.807, 2.05) is 6.07 Å². The lowest BCUT2D eigenvalue weighted by Gasteiger charge is -2.24. The van der Waals surface area contributed by atoms with Gasteiger partial charge in [0.2, 0.25) is 17.1 Å². The Kier molecular flexibility index (Phi) is 3.60. The Hall–Kier alpha value is -3.11. The zero-order valence-electron chi connectivity index (χ0n) is 11.7. The highest BCUT2D eigenvalue weighted by Crippen LogP contribution is 2.40. The lowest BCUT2D eigenvalue weighted by Crippen LogP contribution is -2.25. The number of nitrogens with zero attached hydrogens (tertiary/aromatic N) is 1. The number of nitriles is 1. The molecule has 7 heteroatoms. The molecule has 0 unspecified atom stereocenters. The van der Waals surface area contributed by atoms with Crippen LogP contribution in [0.3, 0.4) is 0 Å². The number of hydrogen-bond donors (Lipinski definition) is 2. The van der Waals surface area contributed by atoms with E-state index in [4.69, 9.17) is 14.9 Å². The molecular formula is C16H11FN2O4. The summed E-state index contributed by atoms with van der Waals surface area (Å²) >= 11 is 0. The van der Waals surface area contributed by atoms with E-state index < -0.39 is 23.8 Å². The Labute approximate surface area is 129 Å². The Bertz CT molecular complexity index is 894. The van der Waals surface area contributed by atoms with Crippen molar-refractivity contribution in [2.75, 3.05) is 0 Å². The van der Waals surface area contributed by atoms with Crippen molar-refractivity contribution < 1.29 is 18.7 Å². The summed E-state index contributed by atoms with van der Waals surface area (Å²) in [6.07, 6.45) is 0. The zero-order chi connectivity index (χ0) is 16.6. The lowest BCUT2D eigenvalue weighted by molar-refractivity contribution is 0.231. The molecule has 0 fully saturated rings. The molecule has 1 aromatic carbocycles. The van der Waals surface area contributed by atoms with Gasteiger partial charge in [-0.1, -0.05) is 12.1 Å². The summed E-state index contributed by atoms with van der Waals surface area (Å²) in [6, 6.07) is 8.39. The topological polar surface area (TPSA) is 109 Å². The number of hydrogen-bond acceptors (Lipinski definition) is 6. The predicted octanol–water partition coefficient (Wildman–Crippen LogP) is 1.49. The minimum atomic E-state index is -0.816. The molecule has 6 nitrogen and oxygen atoms in total. The van der Waals surface area contributed by atoms with Crippen LogP contribution in [-0.4, -0.2) is 5.11 Å². The number of aliphatic hydroxyl groups excluding tert-OH is 1. The molecular weight excluding hydrogens is 303 g/mol. The number of rotatable bonds is 2. The molecule has 0 saturated carbocycles. The second-order valence-corrected chi connectivity index (χ2v) is 4.90. The fraction of sp³-hybridized carbons (Fsp3) is 0.125. The molecule has 3 N–H and O–H groups in total. The number of benzene rings is 1. The third kappa shape index (κ3) is 2.45. The van der Waals surface area contributed by atoms with Gasteiger partial charge in [-0.2, -0.15) is 5.26 Å². The smallest absolute Gasteiger partial charge is 0.228 e. The van der Waals surface area contributed by atoms with Gasteiger partial charge in [0.1, 0.15) is 29.8 Å². The van der Waals surface area contributed by atoms with Gasteiger partial charge in [-0.05, 0) is 17.7 Å². The van der Waals surface area contributed by atoms with Gasteiger partial charge in [-0.25, -0.2) is 4.39 Å². The summed E-state index contributed by atoms with van der Waals surface area (Å²) < 4.78 is 23.9.